The summed E-state index contributed by atoms with van der Waals surface area (Å²) in [6.07, 6.45) is 0.388. The van der Waals surface area contributed by atoms with Crippen LogP contribution in [-0.4, -0.2) is 277 Å². The van der Waals surface area contributed by atoms with Crippen molar-refractivity contribution in [2.75, 3.05) is 95.3 Å². The largest absolute Gasteiger partial charge is 0.391 e. The zero-order chi connectivity index (χ0) is 77.3. The van der Waals surface area contributed by atoms with Crippen molar-refractivity contribution in [3.05, 3.63) is 71.8 Å². The fraction of sp³-hybridized carbons (Fsp3) is 0.684. The van der Waals surface area contributed by atoms with Gasteiger partial charge >= 0.3 is 0 Å². The molecule has 0 saturated carbocycles. The Hall–Kier alpha value is -8.04. The number of carbonyl (C=O) groups excluding carboxylic acids is 12. The lowest BCUT2D eigenvalue weighted by Gasteiger charge is -2.38. The lowest BCUT2D eigenvalue weighted by atomic mass is 9.96. The molecular weight excluding hydrogens is 1320 g/mol. The highest BCUT2D eigenvalue weighted by Gasteiger charge is 2.44. The maximum atomic E-state index is 15.6. The molecule has 0 bridgehead atoms. The third kappa shape index (κ3) is 26.3. The molecule has 0 aliphatic carbocycles. The van der Waals surface area contributed by atoms with Crippen LogP contribution in [0.2, 0.25) is 0 Å². The van der Waals surface area contributed by atoms with Gasteiger partial charge in [-0.25, -0.2) is 0 Å². The van der Waals surface area contributed by atoms with Crippen molar-refractivity contribution in [1.82, 2.24) is 65.8 Å². The highest BCUT2D eigenvalue weighted by molar-refractivity contribution is 6.00. The molecule has 27 heteroatoms. The van der Waals surface area contributed by atoms with Crippen LogP contribution in [0.3, 0.4) is 0 Å². The second-order valence-corrected chi connectivity index (χ2v) is 30.2. The molecule has 6 N–H and O–H groups in total. The number of benzene rings is 2. The van der Waals surface area contributed by atoms with Crippen LogP contribution in [0.25, 0.3) is 0 Å². The molecule has 11 atom stereocenters. The van der Waals surface area contributed by atoms with Gasteiger partial charge in [0.2, 0.25) is 70.9 Å². The number of nitrogens with one attached hydrogen (secondary N) is 5. The minimum absolute atomic E-state index is 0.0332. The average molecular weight is 1440 g/mol. The highest BCUT2D eigenvalue weighted by atomic mass is 16.5. The quantitative estimate of drug-likeness (QED) is 0.0979. The zero-order valence-electron chi connectivity index (χ0n) is 64.9. The van der Waals surface area contributed by atoms with Gasteiger partial charge in [-0.15, -0.1) is 0 Å². The molecule has 12 amide bonds. The van der Waals surface area contributed by atoms with Gasteiger partial charge in [-0.1, -0.05) is 137 Å². The molecule has 4 rings (SSSR count). The molecule has 0 unspecified atom stereocenters. The number of ether oxygens (including phenoxy) is 1. The molecule has 2 saturated heterocycles. The minimum Gasteiger partial charge on any atom is -0.391 e. The third-order valence-electron chi connectivity index (χ3n) is 19.1. The molecule has 2 heterocycles. The molecule has 2 aromatic rings. The van der Waals surface area contributed by atoms with Crippen LogP contribution in [0.15, 0.2) is 60.7 Å². The number of aliphatic hydroxyl groups is 1. The van der Waals surface area contributed by atoms with Gasteiger partial charge in [-0.2, -0.15) is 0 Å². The number of hydrogen-bond donors (Lipinski definition) is 6. The third-order valence-corrected chi connectivity index (χ3v) is 19.1. The first-order valence-corrected chi connectivity index (χ1v) is 36.8. The van der Waals surface area contributed by atoms with Crippen molar-refractivity contribution in [3.63, 3.8) is 0 Å². The number of hydrogen-bond acceptors (Lipinski definition) is 15. The van der Waals surface area contributed by atoms with Crippen molar-refractivity contribution in [2.24, 2.45) is 29.6 Å². The summed E-state index contributed by atoms with van der Waals surface area (Å²) >= 11 is 0. The van der Waals surface area contributed by atoms with E-state index >= 15 is 33.6 Å². The van der Waals surface area contributed by atoms with Crippen molar-refractivity contribution in [3.8, 4) is 0 Å². The van der Waals surface area contributed by atoms with Crippen molar-refractivity contribution < 1.29 is 67.4 Å². The van der Waals surface area contributed by atoms with Gasteiger partial charge in [0.25, 0.3) is 0 Å². The number of piperidine rings is 1. The van der Waals surface area contributed by atoms with E-state index in [0.717, 1.165) is 6.42 Å². The number of likely N-dealkylation sites (N-methyl/N-ethyl adjacent to an activating group) is 6. The molecule has 103 heavy (non-hydrogen) atoms. The normalized spacial score (nSPS) is 24.7. The Bertz CT molecular complexity index is 3130. The van der Waals surface area contributed by atoms with Gasteiger partial charge in [0.1, 0.15) is 60.4 Å². The van der Waals surface area contributed by atoms with Crippen LogP contribution in [0.5, 0.6) is 0 Å². The fourth-order valence-corrected chi connectivity index (χ4v) is 13.1. The highest BCUT2D eigenvalue weighted by Crippen LogP contribution is 2.23. The van der Waals surface area contributed by atoms with Gasteiger partial charge in [0.15, 0.2) is 0 Å². The summed E-state index contributed by atoms with van der Waals surface area (Å²) in [7, 11) is 10.7. The van der Waals surface area contributed by atoms with E-state index in [2.05, 4.69) is 26.6 Å². The van der Waals surface area contributed by atoms with Crippen LogP contribution in [0, 0.1) is 29.6 Å². The van der Waals surface area contributed by atoms with Crippen LogP contribution >= 0.6 is 0 Å². The van der Waals surface area contributed by atoms with Crippen LogP contribution in [0.4, 0.5) is 0 Å². The first kappa shape index (κ1) is 87.4. The number of aliphatic hydroxyl groups excluding tert-OH is 1. The summed E-state index contributed by atoms with van der Waals surface area (Å²) in [5.74, 6) is -10.7. The SMILES string of the molecule is CCCN1CC(=O)N(C)[C@@H](CC(C)C)C(=O)N[C@@H](COCCN(C)C)C(=O)N(C)[C@@H](Cc2ccccc2)C(=O)N(C)[C@@H](C(C)C)C(=O)N[C@H](C(=O)N2CCCCC2)CC(=O)N[C@H](C(C)C)C(=O)N(C)[C@@H](Cc2ccccc2)C(=O)N[C@@H](CC(C)C)C(=O)N(C)[C@@H](CC(C)C)C(=O)N[C@@H]([C@@H](C)O)C1=O. The van der Waals surface area contributed by atoms with Gasteiger partial charge in [0.05, 0.1) is 32.3 Å². The van der Waals surface area contributed by atoms with Crippen molar-refractivity contribution >= 4 is 70.9 Å². The maximum absolute atomic E-state index is 15.6. The maximum Gasteiger partial charge on any atom is 0.248 e. The summed E-state index contributed by atoms with van der Waals surface area (Å²) < 4.78 is 6.09. The summed E-state index contributed by atoms with van der Waals surface area (Å²) in [5, 5.41) is 25.6. The number of carbonyl (C=O) groups is 12. The van der Waals surface area contributed by atoms with Gasteiger partial charge < -0.3 is 75.6 Å². The number of rotatable bonds is 21. The van der Waals surface area contributed by atoms with Gasteiger partial charge in [-0.3, -0.25) is 57.5 Å². The molecule has 2 aliphatic rings. The predicted molar refractivity (Wildman–Crippen MR) is 394 cm³/mol. The lowest BCUT2D eigenvalue weighted by molar-refractivity contribution is -0.151. The molecular formula is C76H123N13O14. The summed E-state index contributed by atoms with van der Waals surface area (Å²) in [5.41, 5.74) is 1.29. The molecule has 27 nitrogen and oxygen atoms in total. The van der Waals surface area contributed by atoms with E-state index in [-0.39, 0.29) is 69.6 Å². The Morgan fingerprint density at radius 3 is 1.51 bits per heavy atom. The predicted octanol–water partition coefficient (Wildman–Crippen LogP) is 3.09. The van der Waals surface area contributed by atoms with E-state index in [1.54, 1.807) is 100 Å². The summed E-state index contributed by atoms with van der Waals surface area (Å²) in [4.78, 5) is 192. The Morgan fingerprint density at radius 1 is 0.524 bits per heavy atom. The molecule has 0 radical (unpaired) electrons. The van der Waals surface area contributed by atoms with E-state index in [0.29, 0.717) is 50.0 Å². The number of nitrogens with zero attached hydrogens (tertiary/aromatic N) is 8. The van der Waals surface area contributed by atoms with E-state index in [1.165, 1.54) is 71.6 Å². The van der Waals surface area contributed by atoms with E-state index in [1.807, 2.05) is 60.5 Å². The van der Waals surface area contributed by atoms with E-state index in [9.17, 15) is 29.1 Å². The fourth-order valence-electron chi connectivity index (χ4n) is 13.1. The first-order valence-electron chi connectivity index (χ1n) is 36.8. The smallest absolute Gasteiger partial charge is 0.248 e. The van der Waals surface area contributed by atoms with Gasteiger partial charge in [0, 0.05) is 74.3 Å². The molecule has 0 spiro atoms. The Balaban J connectivity index is 2.01. The molecule has 2 aliphatic heterocycles. The van der Waals surface area contributed by atoms with Crippen LogP contribution in [-0.2, 0) is 75.1 Å². The second-order valence-electron chi connectivity index (χ2n) is 30.2. The monoisotopic (exact) mass is 1440 g/mol. The van der Waals surface area contributed by atoms with E-state index < -0.39 is 162 Å². The lowest BCUT2D eigenvalue weighted by Crippen LogP contribution is -2.62. The van der Waals surface area contributed by atoms with Crippen molar-refractivity contribution in [1.29, 1.82) is 0 Å². The summed E-state index contributed by atoms with van der Waals surface area (Å²) in [6, 6.07) is 4.00. The standard InChI is InChI=1S/C76H123N13O14/c1-20-34-89-45-63(92)83(15)58(40-48(4)5)67(93)79-57(46-103-38-37-82(13)14)72(98)86(18)61(43-54-32-26-22-27-33-54)74(100)87(19)66(51(10)11)70(96)78-56(73(99)88-35-28-23-29-36-88)44-62(91)80-64(50(8)9)75(101)85(17)60(42-53-30-24-21-25-31-53)68(94)77-55(39-47(2)3)71(97)84(16)59(41-49(6)7)69(95)81-65(52(12)90)76(89)102/h21-22,24-27,30-33,47-52,55-61,64-66,90H,20,23,28-29,34-46H2,1-19H3,(H,77,94)(H,78,96)(H,79,93)(H,80,91)(H,81,95)/t52-,55+,56+,57+,58+,59+,60+,61+,64-,65+,66+/m1/s1. The molecule has 0 aromatic heterocycles. The van der Waals surface area contributed by atoms with Crippen LogP contribution < -0.4 is 26.6 Å². The minimum atomic E-state index is -1.66. The topological polar surface area (TPSA) is 320 Å². The van der Waals surface area contributed by atoms with Crippen LogP contribution in [0.1, 0.15) is 146 Å². The Labute approximate surface area is 612 Å². The van der Waals surface area contributed by atoms with E-state index in [4.69, 9.17) is 4.74 Å². The molecule has 2 aromatic carbocycles. The molecule has 2 fully saturated rings. The first-order chi connectivity index (χ1) is 48.4. The number of likely N-dealkylation sites (tertiary alicyclic amines) is 1. The van der Waals surface area contributed by atoms with Gasteiger partial charge in [-0.05, 0) is 107 Å². The Kier molecular flexibility index (Phi) is 35.7. The zero-order valence-corrected chi connectivity index (χ0v) is 64.9. The summed E-state index contributed by atoms with van der Waals surface area (Å²) in [6.45, 7) is 21.2. The average Bonchev–Trinajstić information content (AvgIpc) is 0.813. The Morgan fingerprint density at radius 2 is 1.01 bits per heavy atom. The number of amides is 12. The molecule has 576 valence electrons. The van der Waals surface area contributed by atoms with Crippen molar-refractivity contribution in [2.45, 2.75) is 214 Å². The second kappa shape index (κ2) is 42.0.